The molecule has 0 spiro atoms. The first kappa shape index (κ1) is 11.0. The van der Waals surface area contributed by atoms with Gasteiger partial charge in [-0.25, -0.2) is 0 Å². The van der Waals surface area contributed by atoms with Crippen LogP contribution in [0.5, 0.6) is 0 Å². The van der Waals surface area contributed by atoms with Crippen molar-refractivity contribution in [3.8, 4) is 0 Å². The van der Waals surface area contributed by atoms with E-state index in [1.54, 1.807) is 0 Å². The lowest BCUT2D eigenvalue weighted by Crippen LogP contribution is -2.08. The van der Waals surface area contributed by atoms with E-state index >= 15 is 0 Å². The third-order valence-electron chi connectivity index (χ3n) is 3.64. The van der Waals surface area contributed by atoms with Gasteiger partial charge in [-0.05, 0) is 25.7 Å². The molecular formula is C10H20O2P2. The molecule has 3 aliphatic rings. The van der Waals surface area contributed by atoms with Crippen molar-refractivity contribution in [2.24, 2.45) is 0 Å². The lowest BCUT2D eigenvalue weighted by atomic mass is 10.4. The number of fused-ring (bicyclic) bond motifs is 7. The molecule has 0 radical (unpaired) electrons. The molecule has 2 bridgehead atoms. The molecule has 0 amide bonds. The Labute approximate surface area is 86.6 Å². The Morgan fingerprint density at radius 1 is 0.500 bits per heavy atom. The van der Waals surface area contributed by atoms with E-state index < -0.39 is 14.3 Å². The van der Waals surface area contributed by atoms with Gasteiger partial charge < -0.3 is 9.13 Å². The zero-order valence-electron chi connectivity index (χ0n) is 8.78. The van der Waals surface area contributed by atoms with Crippen LogP contribution in [0.4, 0.5) is 0 Å². The Hall–Kier alpha value is 0.460. The lowest BCUT2D eigenvalue weighted by Gasteiger charge is -2.22. The van der Waals surface area contributed by atoms with Crippen molar-refractivity contribution >= 4 is 14.3 Å². The van der Waals surface area contributed by atoms with Gasteiger partial charge in [0.05, 0.1) is 14.3 Å². The normalized spacial score (nSPS) is 44.9. The minimum absolute atomic E-state index is 0.886. The summed E-state index contributed by atoms with van der Waals surface area (Å²) in [5.41, 5.74) is 0. The smallest absolute Gasteiger partial charge is 0.0877 e. The quantitative estimate of drug-likeness (QED) is 0.602. The van der Waals surface area contributed by atoms with Gasteiger partial charge in [0.2, 0.25) is 0 Å². The van der Waals surface area contributed by atoms with Crippen LogP contribution in [0.1, 0.15) is 25.7 Å². The predicted molar refractivity (Wildman–Crippen MR) is 62.9 cm³/mol. The molecule has 3 heterocycles. The van der Waals surface area contributed by atoms with E-state index in [4.69, 9.17) is 0 Å². The fraction of sp³-hybridized carbons (Fsp3) is 1.00. The SMILES string of the molecule is O=P12CCCCP(=O)(CCC1)CCC2. The van der Waals surface area contributed by atoms with Crippen molar-refractivity contribution in [1.82, 2.24) is 0 Å². The molecule has 3 fully saturated rings. The van der Waals surface area contributed by atoms with Crippen LogP contribution < -0.4 is 0 Å². The van der Waals surface area contributed by atoms with Gasteiger partial charge in [0, 0.05) is 37.0 Å². The van der Waals surface area contributed by atoms with E-state index in [2.05, 4.69) is 0 Å². The molecule has 2 nitrogen and oxygen atoms in total. The molecule has 0 aliphatic carbocycles. The molecule has 3 saturated heterocycles. The van der Waals surface area contributed by atoms with Gasteiger partial charge in [-0.2, -0.15) is 0 Å². The zero-order valence-corrected chi connectivity index (χ0v) is 10.6. The highest BCUT2D eigenvalue weighted by atomic mass is 31.2. The summed E-state index contributed by atoms with van der Waals surface area (Å²) in [6.07, 6.45) is 9.47. The van der Waals surface area contributed by atoms with Gasteiger partial charge in [-0.3, -0.25) is 0 Å². The first-order valence-electron chi connectivity index (χ1n) is 5.76. The minimum atomic E-state index is -1.83. The highest BCUT2D eigenvalue weighted by Gasteiger charge is 2.31. The average Bonchev–Trinajstić information content (AvgIpc) is 2.20. The van der Waals surface area contributed by atoms with Gasteiger partial charge in [0.1, 0.15) is 0 Å². The van der Waals surface area contributed by atoms with Crippen LogP contribution >= 0.6 is 14.3 Å². The molecule has 0 unspecified atom stereocenters. The summed E-state index contributed by atoms with van der Waals surface area (Å²) >= 11 is 0. The molecule has 0 aromatic rings. The van der Waals surface area contributed by atoms with Crippen molar-refractivity contribution < 1.29 is 9.13 Å². The Bertz CT molecular complexity index is 252. The summed E-state index contributed by atoms with van der Waals surface area (Å²) in [5, 5.41) is 0. The molecule has 0 saturated carbocycles. The molecule has 3 aliphatic heterocycles. The van der Waals surface area contributed by atoms with Crippen LogP contribution in [0.2, 0.25) is 0 Å². The van der Waals surface area contributed by atoms with Crippen LogP contribution in [0, 0.1) is 0 Å². The van der Waals surface area contributed by atoms with Gasteiger partial charge in [0.25, 0.3) is 0 Å². The fourth-order valence-electron chi connectivity index (χ4n) is 2.76. The molecule has 3 rings (SSSR count). The average molecular weight is 234 g/mol. The van der Waals surface area contributed by atoms with Crippen molar-refractivity contribution in [2.45, 2.75) is 25.7 Å². The minimum Gasteiger partial charge on any atom is -0.324 e. The third kappa shape index (κ3) is 2.52. The van der Waals surface area contributed by atoms with Crippen molar-refractivity contribution in [1.29, 1.82) is 0 Å². The van der Waals surface area contributed by atoms with Gasteiger partial charge in [-0.1, -0.05) is 0 Å². The monoisotopic (exact) mass is 234 g/mol. The lowest BCUT2D eigenvalue weighted by molar-refractivity contribution is 0.566. The Morgan fingerprint density at radius 2 is 0.786 bits per heavy atom. The summed E-state index contributed by atoms with van der Waals surface area (Å²) in [6, 6.07) is 0. The first-order valence-corrected chi connectivity index (χ1v) is 10.3. The van der Waals surface area contributed by atoms with E-state index in [1.807, 2.05) is 0 Å². The molecule has 0 N–H and O–H groups in total. The second-order valence-corrected chi connectivity index (χ2v) is 11.8. The molecule has 0 atom stereocenters. The molecule has 4 heteroatoms. The zero-order chi connectivity index (χ0) is 10.1. The summed E-state index contributed by atoms with van der Waals surface area (Å²) < 4.78 is 24.8. The van der Waals surface area contributed by atoms with Crippen molar-refractivity contribution in [3.05, 3.63) is 0 Å². The summed E-state index contributed by atoms with van der Waals surface area (Å²) in [6.45, 7) is 0. The molecule has 0 aromatic carbocycles. The topological polar surface area (TPSA) is 34.1 Å². The second kappa shape index (κ2) is 4.14. The van der Waals surface area contributed by atoms with E-state index in [9.17, 15) is 9.13 Å². The van der Waals surface area contributed by atoms with Crippen LogP contribution in [-0.4, -0.2) is 37.0 Å². The van der Waals surface area contributed by atoms with Gasteiger partial charge in [-0.15, -0.1) is 0 Å². The van der Waals surface area contributed by atoms with E-state index in [0.717, 1.165) is 62.7 Å². The molecule has 82 valence electrons. The maximum atomic E-state index is 12.4. The number of hydrogen-bond acceptors (Lipinski definition) is 2. The van der Waals surface area contributed by atoms with E-state index in [0.29, 0.717) is 0 Å². The van der Waals surface area contributed by atoms with Crippen LogP contribution in [0.15, 0.2) is 0 Å². The maximum absolute atomic E-state index is 12.4. The van der Waals surface area contributed by atoms with Gasteiger partial charge in [0.15, 0.2) is 0 Å². The Morgan fingerprint density at radius 3 is 1.14 bits per heavy atom. The highest BCUT2D eigenvalue weighted by Crippen LogP contribution is 2.57. The fourth-order valence-corrected chi connectivity index (χ4v) is 9.14. The molecular weight excluding hydrogens is 214 g/mol. The van der Waals surface area contributed by atoms with Crippen molar-refractivity contribution in [2.75, 3.05) is 37.0 Å². The maximum Gasteiger partial charge on any atom is 0.0877 e. The summed E-state index contributed by atoms with van der Waals surface area (Å²) in [4.78, 5) is 0. The summed E-state index contributed by atoms with van der Waals surface area (Å²) in [5.74, 6) is 0. The Balaban J connectivity index is 2.21. The van der Waals surface area contributed by atoms with Crippen LogP contribution in [0.3, 0.4) is 0 Å². The predicted octanol–water partition coefficient (Wildman–Crippen LogP) is 3.30. The number of rotatable bonds is 0. The van der Waals surface area contributed by atoms with E-state index in [1.165, 1.54) is 0 Å². The molecule has 14 heavy (non-hydrogen) atoms. The van der Waals surface area contributed by atoms with Crippen LogP contribution in [0.25, 0.3) is 0 Å². The third-order valence-corrected chi connectivity index (χ3v) is 10.4. The van der Waals surface area contributed by atoms with Crippen molar-refractivity contribution in [3.63, 3.8) is 0 Å². The van der Waals surface area contributed by atoms with Crippen LogP contribution in [-0.2, 0) is 9.13 Å². The summed E-state index contributed by atoms with van der Waals surface area (Å²) in [7, 11) is -3.65. The van der Waals surface area contributed by atoms with Gasteiger partial charge >= 0.3 is 0 Å². The molecule has 0 aromatic heterocycles. The highest BCUT2D eigenvalue weighted by molar-refractivity contribution is 7.65. The number of hydrogen-bond donors (Lipinski definition) is 0. The largest absolute Gasteiger partial charge is 0.324 e. The van der Waals surface area contributed by atoms with E-state index in [-0.39, 0.29) is 0 Å². The second-order valence-electron chi connectivity index (χ2n) is 4.87. The first-order chi connectivity index (χ1) is 6.62. The Kier molecular flexibility index (Phi) is 3.24. The standard InChI is InChI=1S/C10H20O2P2/c11-13-5-1-2-6-14(12,9-3-7-13)10-4-8-13/h1-10H2.